The fourth-order valence-electron chi connectivity index (χ4n) is 4.70. The van der Waals surface area contributed by atoms with Gasteiger partial charge in [-0.2, -0.15) is 0 Å². The van der Waals surface area contributed by atoms with Crippen molar-refractivity contribution in [2.24, 2.45) is 17.3 Å². The third-order valence-electron chi connectivity index (χ3n) is 6.18. The van der Waals surface area contributed by atoms with Gasteiger partial charge in [0.1, 0.15) is 5.83 Å². The van der Waals surface area contributed by atoms with E-state index >= 15 is 4.39 Å². The van der Waals surface area contributed by atoms with Gasteiger partial charge in [0.2, 0.25) is 0 Å². The van der Waals surface area contributed by atoms with Gasteiger partial charge in [-0.25, -0.2) is 8.78 Å². The number of hydrogen-bond donors (Lipinski definition) is 0. The van der Waals surface area contributed by atoms with Crippen LogP contribution in [0.1, 0.15) is 45.4 Å². The first-order chi connectivity index (χ1) is 12.1. The number of hydrogen-bond acceptors (Lipinski definition) is 0. The summed E-state index contributed by atoms with van der Waals surface area (Å²) in [7, 11) is 0. The highest BCUT2D eigenvalue weighted by Gasteiger charge is 2.48. The van der Waals surface area contributed by atoms with E-state index < -0.39 is 17.4 Å². The Kier molecular flexibility index (Phi) is 5.56. The minimum absolute atomic E-state index is 0.183. The van der Waals surface area contributed by atoms with E-state index in [1.807, 2.05) is 31.2 Å². The smallest absolute Gasteiger partial charge is 0.161 e. The third-order valence-corrected chi connectivity index (χ3v) is 6.18. The Morgan fingerprint density at radius 3 is 2.60 bits per heavy atom. The lowest BCUT2D eigenvalue weighted by Gasteiger charge is -2.45. The maximum atomic E-state index is 15.5. The van der Waals surface area contributed by atoms with Crippen molar-refractivity contribution >= 4 is 11.9 Å². The molecule has 2 heteroatoms. The molecule has 0 aliphatic heterocycles. The Bertz CT molecular complexity index is 753. The molecule has 0 radical (unpaired) electrons. The summed E-state index contributed by atoms with van der Waals surface area (Å²) in [6.45, 7) is 5.88. The van der Waals surface area contributed by atoms with E-state index in [0.717, 1.165) is 37.3 Å². The SMILES string of the molecule is C=CC1CCC(C2(CC/C=C/C)C=c3ccccc3=C(F)C2F)CC1. The summed E-state index contributed by atoms with van der Waals surface area (Å²) in [5.74, 6) is 0.124. The molecule has 2 aliphatic carbocycles. The molecule has 2 unspecified atom stereocenters. The molecule has 1 aromatic rings. The van der Waals surface area contributed by atoms with Crippen LogP contribution in [-0.4, -0.2) is 6.17 Å². The van der Waals surface area contributed by atoms with Gasteiger partial charge in [0.15, 0.2) is 6.17 Å². The Morgan fingerprint density at radius 1 is 1.20 bits per heavy atom. The largest absolute Gasteiger partial charge is 0.239 e. The molecule has 0 bridgehead atoms. The number of rotatable bonds is 5. The predicted molar refractivity (Wildman–Crippen MR) is 102 cm³/mol. The van der Waals surface area contributed by atoms with E-state index in [9.17, 15) is 4.39 Å². The molecule has 1 aromatic carbocycles. The molecule has 1 fully saturated rings. The summed E-state index contributed by atoms with van der Waals surface area (Å²) in [4.78, 5) is 0. The molecule has 0 heterocycles. The number of halogens is 2. The molecule has 0 aromatic heterocycles. The summed E-state index contributed by atoms with van der Waals surface area (Å²) in [5.41, 5.74) is -0.732. The Labute approximate surface area is 149 Å². The fourth-order valence-corrected chi connectivity index (χ4v) is 4.70. The Balaban J connectivity index is 2.03. The summed E-state index contributed by atoms with van der Waals surface area (Å²) in [5, 5.41) is 1.27. The summed E-state index contributed by atoms with van der Waals surface area (Å²) in [6.07, 6.45) is 12.0. The van der Waals surface area contributed by atoms with Crippen LogP contribution in [-0.2, 0) is 0 Å². The molecule has 25 heavy (non-hydrogen) atoms. The average Bonchev–Trinajstić information content (AvgIpc) is 2.66. The Hall–Kier alpha value is -1.70. The van der Waals surface area contributed by atoms with E-state index in [-0.39, 0.29) is 5.92 Å². The first-order valence-corrected chi connectivity index (χ1v) is 9.47. The van der Waals surface area contributed by atoms with Gasteiger partial charge in [0.25, 0.3) is 0 Å². The topological polar surface area (TPSA) is 0 Å². The maximum absolute atomic E-state index is 15.5. The molecule has 2 atom stereocenters. The van der Waals surface area contributed by atoms with Crippen LogP contribution in [0.15, 0.2) is 49.1 Å². The zero-order valence-electron chi connectivity index (χ0n) is 15.1. The van der Waals surface area contributed by atoms with Gasteiger partial charge in [-0.15, -0.1) is 6.58 Å². The normalized spacial score (nSPS) is 32.3. The summed E-state index contributed by atoms with van der Waals surface area (Å²) in [6, 6.07) is 7.30. The zero-order chi connectivity index (χ0) is 17.9. The molecule has 3 rings (SSSR count). The van der Waals surface area contributed by atoms with Crippen LogP contribution in [0, 0.1) is 17.3 Å². The zero-order valence-corrected chi connectivity index (χ0v) is 15.1. The third kappa shape index (κ3) is 3.36. The number of allylic oxidation sites excluding steroid dienone is 3. The predicted octanol–water partition coefficient (Wildman–Crippen LogP) is 5.23. The van der Waals surface area contributed by atoms with Gasteiger partial charge in [0, 0.05) is 10.6 Å². The van der Waals surface area contributed by atoms with E-state index in [2.05, 4.69) is 18.7 Å². The van der Waals surface area contributed by atoms with E-state index in [1.54, 1.807) is 12.1 Å². The van der Waals surface area contributed by atoms with Crippen molar-refractivity contribution in [3.8, 4) is 0 Å². The van der Waals surface area contributed by atoms with Gasteiger partial charge >= 0.3 is 0 Å². The van der Waals surface area contributed by atoms with Crippen LogP contribution >= 0.6 is 0 Å². The summed E-state index contributed by atoms with van der Waals surface area (Å²) >= 11 is 0. The minimum Gasteiger partial charge on any atom is -0.239 e. The standard InChI is InChI=1S/C23H28F2/c1-3-5-8-15-23(19-13-11-17(4-2)12-14-19)16-18-9-6-7-10-20(18)21(24)22(23)25/h3-7,9-10,16-17,19,22H,2,8,11-15H2,1H3/b5-3+. The second-order valence-corrected chi connectivity index (χ2v) is 7.51. The molecule has 0 N–H and O–H groups in total. The lowest BCUT2D eigenvalue weighted by atomic mass is 9.61. The second-order valence-electron chi connectivity index (χ2n) is 7.51. The van der Waals surface area contributed by atoms with Crippen molar-refractivity contribution in [1.82, 2.24) is 0 Å². The minimum atomic E-state index is -1.54. The van der Waals surface area contributed by atoms with Crippen molar-refractivity contribution in [2.75, 3.05) is 0 Å². The highest BCUT2D eigenvalue weighted by Crippen LogP contribution is 2.50. The fraction of sp³-hybridized carbons (Fsp3) is 0.478. The Morgan fingerprint density at radius 2 is 1.92 bits per heavy atom. The van der Waals surface area contributed by atoms with Crippen molar-refractivity contribution in [3.63, 3.8) is 0 Å². The average molecular weight is 342 g/mol. The first kappa shape index (κ1) is 18.1. The van der Waals surface area contributed by atoms with Gasteiger partial charge < -0.3 is 0 Å². The first-order valence-electron chi connectivity index (χ1n) is 9.47. The molecule has 0 saturated heterocycles. The summed E-state index contributed by atoms with van der Waals surface area (Å²) < 4.78 is 30.4. The van der Waals surface area contributed by atoms with Gasteiger partial charge in [-0.1, -0.05) is 48.6 Å². The van der Waals surface area contributed by atoms with Crippen molar-refractivity contribution in [1.29, 1.82) is 0 Å². The van der Waals surface area contributed by atoms with Crippen LogP contribution in [0.25, 0.3) is 11.9 Å². The van der Waals surface area contributed by atoms with Crippen molar-refractivity contribution in [3.05, 3.63) is 59.5 Å². The lowest BCUT2D eigenvalue weighted by Crippen LogP contribution is -2.48. The molecule has 0 nitrogen and oxygen atoms in total. The molecular weight excluding hydrogens is 314 g/mol. The molecule has 1 saturated carbocycles. The van der Waals surface area contributed by atoms with Gasteiger partial charge in [-0.05, 0) is 62.5 Å². The quantitative estimate of drug-likeness (QED) is 0.643. The number of benzene rings is 1. The van der Waals surface area contributed by atoms with E-state index in [4.69, 9.17) is 0 Å². The van der Waals surface area contributed by atoms with Gasteiger partial charge in [-0.3, -0.25) is 0 Å². The van der Waals surface area contributed by atoms with Crippen LogP contribution in [0.2, 0.25) is 0 Å². The maximum Gasteiger partial charge on any atom is 0.161 e. The molecule has 0 amide bonds. The van der Waals surface area contributed by atoms with Gasteiger partial charge in [0.05, 0.1) is 0 Å². The highest BCUT2D eigenvalue weighted by atomic mass is 19.2. The monoisotopic (exact) mass is 342 g/mol. The number of fused-ring (bicyclic) bond motifs is 1. The van der Waals surface area contributed by atoms with Crippen molar-refractivity contribution in [2.45, 2.75) is 51.6 Å². The van der Waals surface area contributed by atoms with Crippen LogP contribution in [0.5, 0.6) is 0 Å². The second kappa shape index (κ2) is 7.68. The molecule has 0 spiro atoms. The van der Waals surface area contributed by atoms with Crippen LogP contribution in [0.3, 0.4) is 0 Å². The van der Waals surface area contributed by atoms with E-state index in [0.29, 0.717) is 17.6 Å². The molecular formula is C23H28F2. The lowest BCUT2D eigenvalue weighted by molar-refractivity contribution is 0.0840. The van der Waals surface area contributed by atoms with Crippen molar-refractivity contribution < 1.29 is 8.78 Å². The van der Waals surface area contributed by atoms with Crippen LogP contribution in [0.4, 0.5) is 8.78 Å². The molecule has 2 aliphatic rings. The number of alkyl halides is 1. The molecule has 134 valence electrons. The highest BCUT2D eigenvalue weighted by molar-refractivity contribution is 5.55. The van der Waals surface area contributed by atoms with E-state index in [1.165, 1.54) is 0 Å². The van der Waals surface area contributed by atoms with Crippen LogP contribution < -0.4 is 10.4 Å².